The first-order valence-electron chi connectivity index (χ1n) is 9.29. The van der Waals surface area contributed by atoms with Crippen molar-refractivity contribution in [1.82, 2.24) is 29.5 Å². The zero-order valence-electron chi connectivity index (χ0n) is 15.1. The molecule has 9 nitrogen and oxygen atoms in total. The zero-order valence-corrected chi connectivity index (χ0v) is 15.1. The molecule has 3 aromatic rings. The summed E-state index contributed by atoms with van der Waals surface area (Å²) in [5.41, 5.74) is 0.642. The van der Waals surface area contributed by atoms with E-state index in [1.807, 2.05) is 0 Å². The first kappa shape index (κ1) is 17.4. The molecule has 4 rings (SSSR count). The van der Waals surface area contributed by atoms with Gasteiger partial charge in [-0.25, -0.2) is 14.5 Å². The summed E-state index contributed by atoms with van der Waals surface area (Å²) in [6.07, 6.45) is 10.1. The third-order valence-electron chi connectivity index (χ3n) is 5.51. The molecule has 1 saturated carbocycles. The van der Waals surface area contributed by atoms with Crippen molar-refractivity contribution in [2.75, 3.05) is 0 Å². The van der Waals surface area contributed by atoms with Gasteiger partial charge in [-0.05, 0) is 24.7 Å². The summed E-state index contributed by atoms with van der Waals surface area (Å²) in [4.78, 5) is 30.7. The highest BCUT2D eigenvalue weighted by molar-refractivity contribution is 5.87. The number of carbonyl (C=O) groups is 1. The van der Waals surface area contributed by atoms with Gasteiger partial charge < -0.3 is 5.11 Å². The van der Waals surface area contributed by atoms with Gasteiger partial charge in [-0.3, -0.25) is 14.5 Å². The molecule has 0 saturated heterocycles. The van der Waals surface area contributed by atoms with Gasteiger partial charge in [0.25, 0.3) is 5.56 Å². The van der Waals surface area contributed by atoms with Crippen molar-refractivity contribution in [1.29, 1.82) is 0 Å². The van der Waals surface area contributed by atoms with Crippen LogP contribution in [0.25, 0.3) is 17.0 Å². The Morgan fingerprint density at radius 3 is 2.63 bits per heavy atom. The van der Waals surface area contributed by atoms with Gasteiger partial charge in [0.05, 0.1) is 18.0 Å². The summed E-state index contributed by atoms with van der Waals surface area (Å²) < 4.78 is 2.99. The van der Waals surface area contributed by atoms with E-state index in [1.165, 1.54) is 36.3 Å². The monoisotopic (exact) mass is 370 g/mol. The van der Waals surface area contributed by atoms with Crippen molar-refractivity contribution in [2.24, 2.45) is 11.8 Å². The first-order chi connectivity index (χ1) is 13.0. The maximum atomic E-state index is 12.6. The Hall–Kier alpha value is -2.97. The molecule has 1 aliphatic carbocycles. The van der Waals surface area contributed by atoms with E-state index in [1.54, 1.807) is 10.9 Å². The fraction of sp³-hybridized carbons (Fsp3) is 0.500. The smallest absolute Gasteiger partial charge is 0.338 e. The van der Waals surface area contributed by atoms with Crippen LogP contribution >= 0.6 is 0 Å². The van der Waals surface area contributed by atoms with Crippen LogP contribution < -0.4 is 5.56 Å². The minimum atomic E-state index is -1.09. The Morgan fingerprint density at radius 1 is 1.22 bits per heavy atom. The van der Waals surface area contributed by atoms with Crippen LogP contribution in [0.4, 0.5) is 0 Å². The number of aromatic nitrogens is 6. The summed E-state index contributed by atoms with van der Waals surface area (Å²) in [6, 6.07) is 0. The maximum Gasteiger partial charge on any atom is 0.338 e. The summed E-state index contributed by atoms with van der Waals surface area (Å²) in [5, 5.41) is 17.3. The van der Waals surface area contributed by atoms with Crippen molar-refractivity contribution in [3.05, 3.63) is 34.5 Å². The van der Waals surface area contributed by atoms with Crippen LogP contribution in [-0.4, -0.2) is 40.6 Å². The largest absolute Gasteiger partial charge is 0.478 e. The van der Waals surface area contributed by atoms with Crippen LogP contribution in [-0.2, 0) is 6.54 Å². The molecule has 0 atom stereocenters. The average molecular weight is 370 g/mol. The molecule has 2 N–H and O–H groups in total. The van der Waals surface area contributed by atoms with Crippen molar-refractivity contribution < 1.29 is 9.90 Å². The number of aromatic carboxylic acids is 1. The first-order valence-corrected chi connectivity index (χ1v) is 9.29. The number of rotatable bonds is 5. The zero-order chi connectivity index (χ0) is 19.0. The van der Waals surface area contributed by atoms with Crippen molar-refractivity contribution in [3.8, 4) is 5.95 Å². The molecule has 1 aliphatic rings. The van der Waals surface area contributed by atoms with E-state index in [4.69, 9.17) is 5.11 Å². The number of hydrogen-bond donors (Lipinski definition) is 2. The second-order valence-corrected chi connectivity index (χ2v) is 7.22. The van der Waals surface area contributed by atoms with E-state index in [0.29, 0.717) is 17.0 Å². The van der Waals surface area contributed by atoms with Crippen LogP contribution in [0.3, 0.4) is 0 Å². The number of nitrogens with zero attached hydrogens (tertiary/aromatic N) is 5. The molecule has 9 heteroatoms. The Kier molecular flexibility index (Phi) is 4.51. The molecule has 27 heavy (non-hydrogen) atoms. The molecule has 3 heterocycles. The molecule has 142 valence electrons. The quantitative estimate of drug-likeness (QED) is 0.711. The number of carboxylic acid groups (broad SMARTS) is 1. The summed E-state index contributed by atoms with van der Waals surface area (Å²) >= 11 is 0. The fourth-order valence-electron chi connectivity index (χ4n) is 3.86. The van der Waals surface area contributed by atoms with E-state index in [-0.39, 0.29) is 17.1 Å². The average Bonchev–Trinajstić information content (AvgIpc) is 3.30. The van der Waals surface area contributed by atoms with Gasteiger partial charge in [0.2, 0.25) is 5.95 Å². The van der Waals surface area contributed by atoms with Gasteiger partial charge in [-0.2, -0.15) is 10.2 Å². The van der Waals surface area contributed by atoms with Crippen molar-refractivity contribution in [2.45, 2.75) is 45.6 Å². The number of H-pyrrole nitrogens is 1. The van der Waals surface area contributed by atoms with E-state index in [2.05, 4.69) is 27.1 Å². The Labute approximate surface area is 155 Å². The van der Waals surface area contributed by atoms with E-state index in [0.717, 1.165) is 25.3 Å². The number of carboxylic acids is 1. The molecule has 0 aromatic carbocycles. The molecular formula is C18H22N6O3. The van der Waals surface area contributed by atoms with Crippen LogP contribution in [0.1, 0.15) is 49.4 Å². The van der Waals surface area contributed by atoms with Crippen LogP contribution in [0, 0.1) is 11.8 Å². The Morgan fingerprint density at radius 2 is 1.96 bits per heavy atom. The number of hydrogen-bond acceptors (Lipinski definition) is 5. The highest BCUT2D eigenvalue weighted by Gasteiger charge is 2.22. The SMILES string of the molecule is CCC1CCC(Cn2ncc3nc(-n4cc(C(=O)O)cn4)[nH]c(=O)c32)CC1. The van der Waals surface area contributed by atoms with Gasteiger partial charge in [0.15, 0.2) is 5.52 Å². The van der Waals surface area contributed by atoms with E-state index >= 15 is 0 Å². The predicted molar refractivity (Wildman–Crippen MR) is 98.0 cm³/mol. The number of nitrogens with one attached hydrogen (secondary N) is 1. The summed E-state index contributed by atoms with van der Waals surface area (Å²) in [7, 11) is 0. The molecule has 3 aromatic heterocycles. The van der Waals surface area contributed by atoms with Gasteiger partial charge in [-0.15, -0.1) is 0 Å². The molecular weight excluding hydrogens is 348 g/mol. The minimum Gasteiger partial charge on any atom is -0.478 e. The lowest BCUT2D eigenvalue weighted by Gasteiger charge is -2.27. The lowest BCUT2D eigenvalue weighted by Crippen LogP contribution is -2.22. The standard InChI is InChI=1S/C18H22N6O3/c1-2-11-3-5-12(6-4-11)9-23-15-14(8-20-23)21-18(22-16(15)25)24-10-13(7-19-24)17(26)27/h7-8,10-12H,2-6,9H2,1H3,(H,26,27)(H,21,22,25). The third-order valence-corrected chi connectivity index (χ3v) is 5.51. The molecule has 0 spiro atoms. The number of aromatic amines is 1. The van der Waals surface area contributed by atoms with Gasteiger partial charge in [0.1, 0.15) is 5.52 Å². The maximum absolute atomic E-state index is 12.6. The molecule has 1 fully saturated rings. The summed E-state index contributed by atoms with van der Waals surface area (Å²) in [5.74, 6) is 0.436. The topological polar surface area (TPSA) is 119 Å². The molecule has 0 unspecified atom stereocenters. The highest BCUT2D eigenvalue weighted by Crippen LogP contribution is 2.31. The fourth-order valence-corrected chi connectivity index (χ4v) is 3.86. The molecule has 0 aliphatic heterocycles. The minimum absolute atomic E-state index is 0.0242. The van der Waals surface area contributed by atoms with Crippen LogP contribution in [0.15, 0.2) is 23.4 Å². The van der Waals surface area contributed by atoms with Crippen molar-refractivity contribution in [3.63, 3.8) is 0 Å². The highest BCUT2D eigenvalue weighted by atomic mass is 16.4. The third kappa shape index (κ3) is 3.36. The normalized spacial score (nSPS) is 20.2. The molecule has 0 radical (unpaired) electrons. The predicted octanol–water partition coefficient (Wildman–Crippen LogP) is 2.22. The molecule has 0 amide bonds. The lowest BCUT2D eigenvalue weighted by atomic mass is 9.81. The second kappa shape index (κ2) is 6.98. The van der Waals surface area contributed by atoms with Gasteiger partial charge in [0, 0.05) is 12.7 Å². The number of fused-ring (bicyclic) bond motifs is 1. The van der Waals surface area contributed by atoms with Crippen LogP contribution in [0.5, 0.6) is 0 Å². The Bertz CT molecular complexity index is 1030. The van der Waals surface area contributed by atoms with E-state index < -0.39 is 5.97 Å². The Balaban J connectivity index is 1.60. The van der Waals surface area contributed by atoms with Crippen LogP contribution in [0.2, 0.25) is 0 Å². The van der Waals surface area contributed by atoms with Gasteiger partial charge in [-0.1, -0.05) is 26.2 Å². The van der Waals surface area contributed by atoms with Crippen molar-refractivity contribution >= 4 is 17.0 Å². The lowest BCUT2D eigenvalue weighted by molar-refractivity contribution is 0.0697. The molecule has 0 bridgehead atoms. The second-order valence-electron chi connectivity index (χ2n) is 7.22. The summed E-state index contributed by atoms with van der Waals surface area (Å²) in [6.45, 7) is 2.96. The van der Waals surface area contributed by atoms with E-state index in [9.17, 15) is 9.59 Å². The van der Waals surface area contributed by atoms with Gasteiger partial charge >= 0.3 is 5.97 Å².